The van der Waals surface area contributed by atoms with Crippen LogP contribution >= 0.6 is 24.0 Å². The van der Waals surface area contributed by atoms with E-state index in [4.69, 9.17) is 4.74 Å². The number of ether oxygens (including phenoxy) is 1. The van der Waals surface area contributed by atoms with Crippen molar-refractivity contribution in [2.45, 2.75) is 31.4 Å². The molecule has 2 unspecified atom stereocenters. The van der Waals surface area contributed by atoms with E-state index < -0.39 is 0 Å². The quantitative estimate of drug-likeness (QED) is 0.406. The molecule has 2 aliphatic rings. The summed E-state index contributed by atoms with van der Waals surface area (Å²) in [5.41, 5.74) is 1.09. The Hall–Kier alpha value is -0.930. The van der Waals surface area contributed by atoms with Gasteiger partial charge in [0, 0.05) is 51.0 Å². The molecule has 24 heavy (non-hydrogen) atoms. The zero-order chi connectivity index (χ0) is 15.9. The van der Waals surface area contributed by atoms with Gasteiger partial charge in [-0.1, -0.05) is 6.07 Å². The zero-order valence-corrected chi connectivity index (χ0v) is 16.6. The maximum atomic E-state index is 5.96. The largest absolute Gasteiger partial charge is 0.373 e. The Morgan fingerprint density at radius 3 is 3.12 bits per heavy atom. The molecule has 0 amide bonds. The first-order valence-corrected chi connectivity index (χ1v) is 8.55. The zero-order valence-electron chi connectivity index (χ0n) is 14.3. The van der Waals surface area contributed by atoms with Crippen LogP contribution in [0.3, 0.4) is 0 Å². The average Bonchev–Trinajstić information content (AvgIpc) is 3.06. The number of aromatic nitrogens is 1. The standard InChI is InChI=1S/C17H27N5O.HI/c1-18-17(20-9-7-14-5-2-3-8-19-14)21-11-16-12-22-10-4-6-15(22)13-23-16;/h2-3,5,8,15-16H,4,6-7,9-13H2,1H3,(H2,18,20,21);1H. The van der Waals surface area contributed by atoms with E-state index >= 15 is 0 Å². The lowest BCUT2D eigenvalue weighted by molar-refractivity contribution is -0.0453. The highest BCUT2D eigenvalue weighted by atomic mass is 127. The van der Waals surface area contributed by atoms with Gasteiger partial charge in [-0.15, -0.1) is 24.0 Å². The summed E-state index contributed by atoms with van der Waals surface area (Å²) in [5, 5.41) is 6.71. The number of aliphatic imine (C=N–C) groups is 1. The highest BCUT2D eigenvalue weighted by molar-refractivity contribution is 14.0. The van der Waals surface area contributed by atoms with Crippen molar-refractivity contribution in [1.29, 1.82) is 0 Å². The fourth-order valence-corrected chi connectivity index (χ4v) is 3.30. The van der Waals surface area contributed by atoms with Crippen LogP contribution in [0.4, 0.5) is 0 Å². The Morgan fingerprint density at radius 1 is 1.42 bits per heavy atom. The van der Waals surface area contributed by atoms with Gasteiger partial charge in [0.05, 0.1) is 12.7 Å². The molecule has 6 nitrogen and oxygen atoms in total. The van der Waals surface area contributed by atoms with Crippen molar-refractivity contribution in [2.75, 3.05) is 39.8 Å². The molecular formula is C17H28IN5O. The molecule has 0 aromatic carbocycles. The molecule has 0 saturated carbocycles. The van der Waals surface area contributed by atoms with Crippen molar-refractivity contribution in [2.24, 2.45) is 4.99 Å². The fraction of sp³-hybridized carbons (Fsp3) is 0.647. The lowest BCUT2D eigenvalue weighted by Gasteiger charge is -2.35. The molecule has 0 bridgehead atoms. The Labute approximate surface area is 161 Å². The van der Waals surface area contributed by atoms with Gasteiger partial charge >= 0.3 is 0 Å². The number of hydrogen-bond donors (Lipinski definition) is 2. The minimum atomic E-state index is 0. The van der Waals surface area contributed by atoms with Crippen LogP contribution in [0.5, 0.6) is 0 Å². The van der Waals surface area contributed by atoms with E-state index in [1.54, 1.807) is 7.05 Å². The fourth-order valence-electron chi connectivity index (χ4n) is 3.30. The number of fused-ring (bicyclic) bond motifs is 1. The van der Waals surface area contributed by atoms with Gasteiger partial charge in [-0.2, -0.15) is 0 Å². The summed E-state index contributed by atoms with van der Waals surface area (Å²) in [4.78, 5) is 11.2. The monoisotopic (exact) mass is 445 g/mol. The average molecular weight is 445 g/mol. The number of morpholine rings is 1. The van der Waals surface area contributed by atoms with Crippen LogP contribution in [-0.2, 0) is 11.2 Å². The van der Waals surface area contributed by atoms with Crippen LogP contribution in [0.2, 0.25) is 0 Å². The molecule has 1 aromatic heterocycles. The van der Waals surface area contributed by atoms with E-state index in [0.29, 0.717) is 6.04 Å². The minimum absolute atomic E-state index is 0. The summed E-state index contributed by atoms with van der Waals surface area (Å²) >= 11 is 0. The first-order valence-electron chi connectivity index (χ1n) is 8.55. The van der Waals surface area contributed by atoms with Crippen LogP contribution < -0.4 is 10.6 Å². The summed E-state index contributed by atoms with van der Waals surface area (Å²) in [6.07, 6.45) is 5.56. The second kappa shape index (κ2) is 10.1. The number of nitrogens with one attached hydrogen (secondary N) is 2. The van der Waals surface area contributed by atoms with Gasteiger partial charge in [-0.3, -0.25) is 14.9 Å². The minimum Gasteiger partial charge on any atom is -0.373 e. The van der Waals surface area contributed by atoms with Gasteiger partial charge in [0.1, 0.15) is 0 Å². The van der Waals surface area contributed by atoms with E-state index in [0.717, 1.165) is 44.3 Å². The number of rotatable bonds is 5. The molecule has 0 spiro atoms. The van der Waals surface area contributed by atoms with Crippen molar-refractivity contribution in [3.8, 4) is 0 Å². The first-order chi connectivity index (χ1) is 11.3. The van der Waals surface area contributed by atoms with Gasteiger partial charge in [0.25, 0.3) is 0 Å². The molecule has 1 aromatic rings. The van der Waals surface area contributed by atoms with Gasteiger partial charge in [-0.05, 0) is 31.5 Å². The van der Waals surface area contributed by atoms with Crippen LogP contribution in [0, 0.1) is 0 Å². The van der Waals surface area contributed by atoms with E-state index in [1.165, 1.54) is 19.4 Å². The van der Waals surface area contributed by atoms with Crippen molar-refractivity contribution in [3.05, 3.63) is 30.1 Å². The molecule has 2 fully saturated rings. The third-order valence-electron chi connectivity index (χ3n) is 4.58. The third kappa shape index (κ3) is 5.56. The SMILES string of the molecule is CN=C(NCCc1ccccn1)NCC1CN2CCCC2CO1.I. The van der Waals surface area contributed by atoms with Gasteiger partial charge < -0.3 is 15.4 Å². The number of hydrogen-bond acceptors (Lipinski definition) is 4. The molecule has 2 aliphatic heterocycles. The van der Waals surface area contributed by atoms with E-state index in [1.807, 2.05) is 24.4 Å². The van der Waals surface area contributed by atoms with E-state index in [9.17, 15) is 0 Å². The summed E-state index contributed by atoms with van der Waals surface area (Å²) < 4.78 is 5.96. The highest BCUT2D eigenvalue weighted by Crippen LogP contribution is 2.22. The third-order valence-corrected chi connectivity index (χ3v) is 4.58. The summed E-state index contributed by atoms with van der Waals surface area (Å²) in [6, 6.07) is 6.65. The molecular weight excluding hydrogens is 417 g/mol. The maximum Gasteiger partial charge on any atom is 0.191 e. The molecule has 3 rings (SSSR count). The number of halogens is 1. The van der Waals surface area contributed by atoms with Crippen molar-refractivity contribution in [3.63, 3.8) is 0 Å². The molecule has 2 atom stereocenters. The topological polar surface area (TPSA) is 61.8 Å². The Morgan fingerprint density at radius 2 is 2.33 bits per heavy atom. The Balaban J connectivity index is 0.00000208. The van der Waals surface area contributed by atoms with Gasteiger partial charge in [0.2, 0.25) is 0 Å². The van der Waals surface area contributed by atoms with Crippen molar-refractivity contribution < 1.29 is 4.74 Å². The molecule has 2 saturated heterocycles. The predicted octanol–water partition coefficient (Wildman–Crippen LogP) is 1.27. The van der Waals surface area contributed by atoms with Crippen LogP contribution in [0.1, 0.15) is 18.5 Å². The maximum absolute atomic E-state index is 5.96. The normalized spacial score (nSPS) is 24.1. The number of nitrogens with zero attached hydrogens (tertiary/aromatic N) is 3. The summed E-state index contributed by atoms with van der Waals surface area (Å²) in [7, 11) is 1.80. The Bertz CT molecular complexity index is 513. The smallest absolute Gasteiger partial charge is 0.191 e. The number of pyridine rings is 1. The molecule has 134 valence electrons. The van der Waals surface area contributed by atoms with Crippen molar-refractivity contribution >= 4 is 29.9 Å². The molecule has 2 N–H and O–H groups in total. The summed E-state index contributed by atoms with van der Waals surface area (Å²) in [6.45, 7) is 4.74. The molecule has 7 heteroatoms. The lowest BCUT2D eigenvalue weighted by Crippen LogP contribution is -2.51. The van der Waals surface area contributed by atoms with Gasteiger partial charge in [0.15, 0.2) is 5.96 Å². The first kappa shape index (κ1) is 19.4. The highest BCUT2D eigenvalue weighted by Gasteiger charge is 2.31. The van der Waals surface area contributed by atoms with Crippen LogP contribution in [-0.4, -0.2) is 67.8 Å². The van der Waals surface area contributed by atoms with Crippen molar-refractivity contribution in [1.82, 2.24) is 20.5 Å². The second-order valence-corrected chi connectivity index (χ2v) is 6.20. The molecule has 0 aliphatic carbocycles. The van der Waals surface area contributed by atoms with E-state index in [-0.39, 0.29) is 30.1 Å². The summed E-state index contributed by atoms with van der Waals surface area (Å²) in [5.74, 6) is 0.827. The predicted molar refractivity (Wildman–Crippen MR) is 107 cm³/mol. The molecule has 3 heterocycles. The number of guanidine groups is 1. The Kier molecular flexibility index (Phi) is 8.20. The van der Waals surface area contributed by atoms with Crippen LogP contribution in [0.15, 0.2) is 29.4 Å². The second-order valence-electron chi connectivity index (χ2n) is 6.20. The van der Waals surface area contributed by atoms with E-state index in [2.05, 4.69) is 25.5 Å². The van der Waals surface area contributed by atoms with Gasteiger partial charge in [-0.25, -0.2) is 0 Å². The van der Waals surface area contributed by atoms with Crippen LogP contribution in [0.25, 0.3) is 0 Å². The lowest BCUT2D eigenvalue weighted by atomic mass is 10.2. The molecule has 0 radical (unpaired) electrons.